The highest BCUT2D eigenvalue weighted by atomic mass is 35.5. The Bertz CT molecular complexity index is 1550. The van der Waals surface area contributed by atoms with Crippen molar-refractivity contribution in [1.82, 2.24) is 30.2 Å². The minimum atomic E-state index is -0.474. The number of nitrogens with zero attached hydrogens (tertiary/aromatic N) is 3. The van der Waals surface area contributed by atoms with E-state index < -0.39 is 11.6 Å². The standard InChI is InChI=1S/C29H35N7O5.ClH/c1-3-41-20-14-12-19(13-15-20)26-33-25(28(38)32-17-9-5-4-8-16-31-23(37)18-30)24-27(35-26)36(29(39)34-24)21-10-6-7-11-22(21)40-2;/h6-7,10-15H,3-5,8-9,16-18,30H2,1-2H3,(H,31,37)(H,32,38)(H,34,39);1H. The minimum absolute atomic E-state index is 0. The van der Waals surface area contributed by atoms with E-state index >= 15 is 0 Å². The molecule has 0 bridgehead atoms. The second-order valence-electron chi connectivity index (χ2n) is 9.21. The molecular weight excluding hydrogens is 562 g/mol. The summed E-state index contributed by atoms with van der Waals surface area (Å²) in [5, 5.41) is 5.65. The van der Waals surface area contributed by atoms with Crippen molar-refractivity contribution in [2.75, 3.05) is 33.4 Å². The summed E-state index contributed by atoms with van der Waals surface area (Å²) in [5.74, 6) is 0.867. The monoisotopic (exact) mass is 597 g/mol. The van der Waals surface area contributed by atoms with Gasteiger partial charge in [-0.15, -0.1) is 12.4 Å². The number of nitrogens with one attached hydrogen (secondary N) is 3. The molecule has 0 spiro atoms. The van der Waals surface area contributed by atoms with E-state index in [1.54, 1.807) is 36.4 Å². The Hall–Kier alpha value is -4.42. The number of methoxy groups -OCH3 is 1. The summed E-state index contributed by atoms with van der Waals surface area (Å²) in [7, 11) is 1.52. The molecule has 0 saturated carbocycles. The van der Waals surface area contributed by atoms with Crippen molar-refractivity contribution >= 4 is 35.4 Å². The quantitative estimate of drug-likeness (QED) is 0.161. The van der Waals surface area contributed by atoms with Gasteiger partial charge in [-0.1, -0.05) is 25.0 Å². The van der Waals surface area contributed by atoms with Crippen molar-refractivity contribution in [2.45, 2.75) is 32.6 Å². The predicted octanol–water partition coefficient (Wildman–Crippen LogP) is 2.97. The van der Waals surface area contributed by atoms with Crippen molar-refractivity contribution in [3.8, 4) is 28.6 Å². The zero-order valence-corrected chi connectivity index (χ0v) is 24.5. The number of ether oxygens (including phenoxy) is 2. The van der Waals surface area contributed by atoms with Gasteiger partial charge in [0.25, 0.3) is 5.91 Å². The second kappa shape index (κ2) is 15.5. The maximum absolute atomic E-state index is 13.4. The SMILES string of the molecule is CCOc1ccc(-c2nc(C(=O)NCCCCCCNC(=O)CN)c3[nH]c(=O)n(-c4ccccc4OC)c3n2)cc1.Cl. The number of carbonyl (C=O) groups is 2. The number of benzene rings is 2. The predicted molar refractivity (Wildman–Crippen MR) is 163 cm³/mol. The molecule has 0 aliphatic rings. The van der Waals surface area contributed by atoms with Crippen molar-refractivity contribution in [3.05, 3.63) is 64.7 Å². The van der Waals surface area contributed by atoms with Crippen LogP contribution in [0, 0.1) is 0 Å². The lowest BCUT2D eigenvalue weighted by molar-refractivity contribution is -0.119. The first-order valence-corrected chi connectivity index (χ1v) is 13.6. The van der Waals surface area contributed by atoms with Gasteiger partial charge in [-0.3, -0.25) is 9.59 Å². The van der Waals surface area contributed by atoms with Crippen LogP contribution in [0.4, 0.5) is 0 Å². The number of nitrogens with two attached hydrogens (primary N) is 1. The van der Waals surface area contributed by atoms with Gasteiger partial charge in [0.2, 0.25) is 5.91 Å². The summed E-state index contributed by atoms with van der Waals surface area (Å²) in [5.41, 5.74) is 6.49. The number of rotatable bonds is 14. The largest absolute Gasteiger partial charge is 0.495 e. The van der Waals surface area contributed by atoms with Gasteiger partial charge in [0, 0.05) is 18.7 Å². The van der Waals surface area contributed by atoms with Crippen LogP contribution in [0.1, 0.15) is 43.1 Å². The van der Waals surface area contributed by atoms with Crippen LogP contribution >= 0.6 is 12.4 Å². The highest BCUT2D eigenvalue weighted by molar-refractivity contribution is 6.03. The summed E-state index contributed by atoms with van der Waals surface area (Å²) in [6.45, 7) is 3.42. The molecule has 0 radical (unpaired) electrons. The van der Waals surface area contributed by atoms with Crippen molar-refractivity contribution in [3.63, 3.8) is 0 Å². The Morgan fingerprint density at radius 3 is 2.33 bits per heavy atom. The number of imidazole rings is 1. The lowest BCUT2D eigenvalue weighted by Crippen LogP contribution is -2.30. The Labute approximate surface area is 249 Å². The normalized spacial score (nSPS) is 10.6. The van der Waals surface area contributed by atoms with Gasteiger partial charge in [0.15, 0.2) is 17.2 Å². The maximum atomic E-state index is 13.4. The summed E-state index contributed by atoms with van der Waals surface area (Å²) < 4.78 is 12.4. The van der Waals surface area contributed by atoms with Crippen LogP contribution in [0.5, 0.6) is 11.5 Å². The number of fused-ring (bicyclic) bond motifs is 1. The van der Waals surface area contributed by atoms with Crippen molar-refractivity contribution in [2.24, 2.45) is 5.73 Å². The molecule has 0 aliphatic carbocycles. The number of para-hydroxylation sites is 2. The summed E-state index contributed by atoms with van der Waals surface area (Å²) in [4.78, 5) is 49.8. The number of unbranched alkanes of at least 4 members (excludes halogenated alkanes) is 3. The van der Waals surface area contributed by atoms with Crippen LogP contribution in [0.15, 0.2) is 53.3 Å². The average Bonchev–Trinajstić information content (AvgIpc) is 3.33. The fourth-order valence-electron chi connectivity index (χ4n) is 4.37. The molecule has 224 valence electrons. The topological polar surface area (TPSA) is 166 Å². The Morgan fingerprint density at radius 2 is 1.67 bits per heavy atom. The number of amides is 2. The molecule has 2 aromatic carbocycles. The van der Waals surface area contributed by atoms with E-state index in [4.69, 9.17) is 20.2 Å². The van der Waals surface area contributed by atoms with Crippen LogP contribution in [0.2, 0.25) is 0 Å². The van der Waals surface area contributed by atoms with Gasteiger partial charge in [-0.05, 0) is 56.2 Å². The van der Waals surface area contributed by atoms with E-state index in [2.05, 4.69) is 20.6 Å². The molecule has 0 fully saturated rings. The van der Waals surface area contributed by atoms with E-state index in [1.165, 1.54) is 11.7 Å². The number of carbonyl (C=O) groups excluding carboxylic acids is 2. The highest BCUT2D eigenvalue weighted by Gasteiger charge is 2.22. The van der Waals surface area contributed by atoms with E-state index in [-0.39, 0.29) is 47.5 Å². The molecule has 4 aromatic rings. The number of hydrogen-bond donors (Lipinski definition) is 4. The van der Waals surface area contributed by atoms with E-state index in [0.29, 0.717) is 42.4 Å². The third-order valence-electron chi connectivity index (χ3n) is 6.40. The van der Waals surface area contributed by atoms with Crippen LogP contribution in [0.25, 0.3) is 28.2 Å². The van der Waals surface area contributed by atoms with Crippen molar-refractivity contribution < 1.29 is 19.1 Å². The number of halogens is 1. The first-order valence-electron chi connectivity index (χ1n) is 13.6. The number of aromatic nitrogens is 4. The molecular formula is C29H36ClN7O5. The maximum Gasteiger partial charge on any atom is 0.332 e. The van der Waals surface area contributed by atoms with E-state index in [1.807, 2.05) is 19.1 Å². The smallest absolute Gasteiger partial charge is 0.332 e. The van der Waals surface area contributed by atoms with Crippen molar-refractivity contribution in [1.29, 1.82) is 0 Å². The molecule has 2 amide bonds. The molecule has 0 atom stereocenters. The molecule has 2 aromatic heterocycles. The summed E-state index contributed by atoms with van der Waals surface area (Å²) >= 11 is 0. The first kappa shape index (κ1) is 32.1. The fourth-order valence-corrected chi connectivity index (χ4v) is 4.37. The fraction of sp³-hybridized carbons (Fsp3) is 0.345. The van der Waals surface area contributed by atoms with Crippen LogP contribution in [-0.2, 0) is 4.79 Å². The first-order chi connectivity index (χ1) is 20.0. The van der Waals surface area contributed by atoms with Gasteiger partial charge >= 0.3 is 5.69 Å². The molecule has 42 heavy (non-hydrogen) atoms. The third kappa shape index (κ3) is 7.65. The second-order valence-corrected chi connectivity index (χ2v) is 9.21. The van der Waals surface area contributed by atoms with Crippen LogP contribution < -0.4 is 31.5 Å². The third-order valence-corrected chi connectivity index (χ3v) is 6.40. The molecule has 5 N–H and O–H groups in total. The molecule has 0 aliphatic heterocycles. The van der Waals surface area contributed by atoms with Crippen LogP contribution in [-0.4, -0.2) is 64.7 Å². The molecule has 2 heterocycles. The van der Waals surface area contributed by atoms with Gasteiger partial charge in [-0.25, -0.2) is 19.3 Å². The molecule has 12 nitrogen and oxygen atoms in total. The minimum Gasteiger partial charge on any atom is -0.495 e. The summed E-state index contributed by atoms with van der Waals surface area (Å²) in [6, 6.07) is 14.3. The molecule has 13 heteroatoms. The Kier molecular flexibility index (Phi) is 11.9. The van der Waals surface area contributed by atoms with Gasteiger partial charge in [-0.2, -0.15) is 0 Å². The molecule has 4 rings (SSSR count). The summed E-state index contributed by atoms with van der Waals surface area (Å²) in [6.07, 6.45) is 3.34. The highest BCUT2D eigenvalue weighted by Crippen LogP contribution is 2.27. The molecule has 0 saturated heterocycles. The zero-order chi connectivity index (χ0) is 29.2. The number of hydrogen-bond acceptors (Lipinski definition) is 8. The van der Waals surface area contributed by atoms with E-state index in [9.17, 15) is 14.4 Å². The average molecular weight is 598 g/mol. The molecule has 0 unspecified atom stereocenters. The Morgan fingerprint density at radius 1 is 0.976 bits per heavy atom. The lowest BCUT2D eigenvalue weighted by atomic mass is 10.2. The number of H-pyrrole nitrogens is 1. The Balaban J connectivity index is 0.00000484. The lowest BCUT2D eigenvalue weighted by Gasteiger charge is -2.11. The number of aromatic amines is 1. The van der Waals surface area contributed by atoms with Gasteiger partial charge in [0.05, 0.1) is 25.9 Å². The van der Waals surface area contributed by atoms with Crippen LogP contribution in [0.3, 0.4) is 0 Å². The van der Waals surface area contributed by atoms with E-state index in [0.717, 1.165) is 25.7 Å². The van der Waals surface area contributed by atoms with Gasteiger partial charge < -0.3 is 30.8 Å². The zero-order valence-electron chi connectivity index (χ0n) is 23.6. The van der Waals surface area contributed by atoms with Gasteiger partial charge in [0.1, 0.15) is 17.0 Å².